The second-order valence-corrected chi connectivity index (χ2v) is 12.4. The molecule has 0 saturated heterocycles. The van der Waals surface area contributed by atoms with Crippen molar-refractivity contribution in [2.75, 3.05) is 27.2 Å². The van der Waals surface area contributed by atoms with Gasteiger partial charge in [0.2, 0.25) is 0 Å². The third kappa shape index (κ3) is 4.37. The zero-order valence-corrected chi connectivity index (χ0v) is 24.5. The molecule has 1 saturated carbocycles. The summed E-state index contributed by atoms with van der Waals surface area (Å²) in [6.45, 7) is 8.82. The highest BCUT2D eigenvalue weighted by atomic mass is 16.7. The van der Waals surface area contributed by atoms with Crippen LogP contribution in [-0.2, 0) is 11.2 Å². The standard InChI is InChI=1S/C32H40N4O4/c1-19-15-20(2)25(26(37)16-19)17-35-13-11-24-27(31(35)38)21(3)29-30(28(24)36-14-12-33-18-36)40-32(4,39-29)22-7-9-23(10-8-22)34(5)6/h12,14-15,18,22-23H,7-11,13,16-17H2,1-6H3/t22?,23?,32-/m1/s1. The molecule has 0 bridgehead atoms. The van der Waals surface area contributed by atoms with Gasteiger partial charge in [-0.05, 0) is 78.1 Å². The summed E-state index contributed by atoms with van der Waals surface area (Å²) in [5.74, 6) is 0.849. The molecule has 2 aliphatic heterocycles. The zero-order chi connectivity index (χ0) is 28.3. The Morgan fingerprint density at radius 3 is 2.45 bits per heavy atom. The van der Waals surface area contributed by atoms with Crippen molar-refractivity contribution in [3.63, 3.8) is 0 Å². The Labute approximate surface area is 236 Å². The van der Waals surface area contributed by atoms with Crippen molar-refractivity contribution in [2.45, 2.75) is 78.0 Å². The monoisotopic (exact) mass is 544 g/mol. The quantitative estimate of drug-likeness (QED) is 0.526. The molecular weight excluding hydrogens is 504 g/mol. The second-order valence-electron chi connectivity index (χ2n) is 12.4. The molecule has 1 amide bonds. The van der Waals surface area contributed by atoms with Crippen molar-refractivity contribution in [3.8, 4) is 17.2 Å². The first kappa shape index (κ1) is 26.8. The second kappa shape index (κ2) is 9.91. The van der Waals surface area contributed by atoms with Crippen LogP contribution in [0.1, 0.15) is 74.4 Å². The summed E-state index contributed by atoms with van der Waals surface area (Å²) < 4.78 is 15.5. The van der Waals surface area contributed by atoms with E-state index in [1.807, 2.05) is 36.4 Å². The van der Waals surface area contributed by atoms with E-state index in [0.717, 1.165) is 59.2 Å². The van der Waals surface area contributed by atoms with Gasteiger partial charge in [-0.15, -0.1) is 0 Å². The van der Waals surface area contributed by atoms with Crippen molar-refractivity contribution >= 4 is 11.7 Å². The van der Waals surface area contributed by atoms with Crippen LogP contribution in [0.4, 0.5) is 0 Å². The summed E-state index contributed by atoms with van der Waals surface area (Å²) in [7, 11) is 4.30. The number of amides is 1. The van der Waals surface area contributed by atoms with Crippen LogP contribution in [0.25, 0.3) is 5.69 Å². The van der Waals surface area contributed by atoms with E-state index in [9.17, 15) is 9.59 Å². The highest BCUT2D eigenvalue weighted by molar-refractivity contribution is 6.03. The number of ketones is 1. The van der Waals surface area contributed by atoms with Gasteiger partial charge in [0.15, 0.2) is 17.3 Å². The Bertz CT molecular complexity index is 1430. The number of carbonyl (C=O) groups excluding carboxylic acids is 2. The van der Waals surface area contributed by atoms with Gasteiger partial charge in [-0.1, -0.05) is 11.6 Å². The molecule has 0 spiro atoms. The van der Waals surface area contributed by atoms with Crippen molar-refractivity contribution in [1.82, 2.24) is 19.4 Å². The number of benzene rings is 1. The van der Waals surface area contributed by atoms with E-state index >= 15 is 0 Å². The molecule has 2 aliphatic carbocycles. The van der Waals surface area contributed by atoms with Gasteiger partial charge in [-0.2, -0.15) is 0 Å². The average Bonchev–Trinajstić information content (AvgIpc) is 3.56. The molecule has 212 valence electrons. The molecule has 2 aromatic rings. The summed E-state index contributed by atoms with van der Waals surface area (Å²) in [6.07, 6.45) is 12.8. The van der Waals surface area contributed by atoms with Gasteiger partial charge in [0.1, 0.15) is 0 Å². The van der Waals surface area contributed by atoms with Gasteiger partial charge in [0.05, 0.1) is 17.6 Å². The van der Waals surface area contributed by atoms with Gasteiger partial charge >= 0.3 is 0 Å². The molecule has 0 radical (unpaired) electrons. The average molecular weight is 545 g/mol. The number of fused-ring (bicyclic) bond motifs is 2. The zero-order valence-electron chi connectivity index (χ0n) is 24.5. The number of hydrogen-bond donors (Lipinski definition) is 0. The predicted molar refractivity (Wildman–Crippen MR) is 153 cm³/mol. The number of nitrogens with zero attached hydrogens (tertiary/aromatic N) is 4. The van der Waals surface area contributed by atoms with Crippen LogP contribution in [0, 0.1) is 12.8 Å². The third-order valence-electron chi connectivity index (χ3n) is 9.46. The van der Waals surface area contributed by atoms with Gasteiger partial charge in [0.25, 0.3) is 11.7 Å². The van der Waals surface area contributed by atoms with Crippen molar-refractivity contribution in [1.29, 1.82) is 0 Å². The van der Waals surface area contributed by atoms with Crippen molar-refractivity contribution in [2.24, 2.45) is 5.92 Å². The molecule has 8 nitrogen and oxygen atoms in total. The Morgan fingerprint density at radius 2 is 1.80 bits per heavy atom. The molecule has 1 fully saturated rings. The minimum atomic E-state index is -0.799. The van der Waals surface area contributed by atoms with E-state index in [2.05, 4.69) is 37.0 Å². The fourth-order valence-corrected chi connectivity index (χ4v) is 7.15. The van der Waals surface area contributed by atoms with Crippen LogP contribution in [0.5, 0.6) is 11.5 Å². The third-order valence-corrected chi connectivity index (χ3v) is 9.46. The summed E-state index contributed by atoms with van der Waals surface area (Å²) >= 11 is 0. The Balaban J connectivity index is 1.37. The normalized spacial score (nSPS) is 26.5. The van der Waals surface area contributed by atoms with E-state index in [4.69, 9.17) is 9.47 Å². The minimum absolute atomic E-state index is 0.0639. The maximum atomic E-state index is 14.1. The Morgan fingerprint density at radius 1 is 1.07 bits per heavy atom. The highest BCUT2D eigenvalue weighted by Crippen LogP contribution is 2.53. The molecule has 3 heterocycles. The molecule has 4 aliphatic rings. The number of carbonyl (C=O) groups is 2. The van der Waals surface area contributed by atoms with Gasteiger partial charge < -0.3 is 23.8 Å². The summed E-state index contributed by atoms with van der Waals surface area (Å²) in [6, 6.07) is 0.581. The number of aromatic nitrogens is 2. The fourth-order valence-electron chi connectivity index (χ4n) is 7.15. The largest absolute Gasteiger partial charge is 0.448 e. The molecule has 1 atom stereocenters. The fraction of sp³-hybridized carbons (Fsp3) is 0.531. The lowest BCUT2D eigenvalue weighted by Gasteiger charge is -2.39. The van der Waals surface area contributed by atoms with E-state index in [1.54, 1.807) is 12.5 Å². The Hall–Kier alpha value is -3.39. The number of imidazole rings is 1. The summed E-state index contributed by atoms with van der Waals surface area (Å²) in [4.78, 5) is 35.4. The van der Waals surface area contributed by atoms with Crippen LogP contribution in [0.2, 0.25) is 0 Å². The number of hydrogen-bond acceptors (Lipinski definition) is 6. The first-order valence-electron chi connectivity index (χ1n) is 14.5. The van der Waals surface area contributed by atoms with Gasteiger partial charge in [-0.3, -0.25) is 9.59 Å². The summed E-state index contributed by atoms with van der Waals surface area (Å²) in [5, 5.41) is 0. The van der Waals surface area contributed by atoms with E-state index < -0.39 is 5.79 Å². The maximum absolute atomic E-state index is 14.1. The van der Waals surface area contributed by atoms with Crippen molar-refractivity contribution in [3.05, 3.63) is 58.2 Å². The van der Waals surface area contributed by atoms with E-state index in [-0.39, 0.29) is 17.6 Å². The van der Waals surface area contributed by atoms with Crippen LogP contribution in [-0.4, -0.2) is 70.1 Å². The van der Waals surface area contributed by atoms with Crippen LogP contribution >= 0.6 is 0 Å². The first-order valence-corrected chi connectivity index (χ1v) is 14.5. The van der Waals surface area contributed by atoms with Crippen LogP contribution in [0.15, 0.2) is 41.5 Å². The lowest BCUT2D eigenvalue weighted by Crippen LogP contribution is -2.46. The molecule has 0 unspecified atom stereocenters. The lowest BCUT2D eigenvalue weighted by atomic mass is 9.81. The first-order chi connectivity index (χ1) is 19.1. The Kier molecular flexibility index (Phi) is 6.64. The molecular formula is C32H40N4O4. The number of allylic oxidation sites excluding steroid dienone is 3. The number of rotatable bonds is 5. The molecule has 0 N–H and O–H groups in total. The minimum Gasteiger partial charge on any atom is -0.448 e. The molecule has 6 rings (SSSR count). The smallest absolute Gasteiger partial charge is 0.254 e. The van der Waals surface area contributed by atoms with Gasteiger partial charge in [0, 0.05) is 61.9 Å². The summed E-state index contributed by atoms with van der Waals surface area (Å²) in [5.41, 5.74) is 6.01. The number of ether oxygens (including phenoxy) is 2. The SMILES string of the molecule is CC1=CC(C)=C(CN2CCc3c(c(C)c4c(c3-n3ccnc3)O[C@](C)(C3CCC(N(C)C)CC3)O4)C2=O)C(=O)C1. The predicted octanol–water partition coefficient (Wildman–Crippen LogP) is 5.02. The topological polar surface area (TPSA) is 76.9 Å². The molecule has 40 heavy (non-hydrogen) atoms. The molecule has 1 aromatic carbocycles. The van der Waals surface area contributed by atoms with Crippen LogP contribution < -0.4 is 9.47 Å². The van der Waals surface area contributed by atoms with Gasteiger partial charge in [-0.25, -0.2) is 4.98 Å². The van der Waals surface area contributed by atoms with Crippen molar-refractivity contribution < 1.29 is 19.1 Å². The molecule has 1 aromatic heterocycles. The van der Waals surface area contributed by atoms with E-state index in [0.29, 0.717) is 49.0 Å². The maximum Gasteiger partial charge on any atom is 0.254 e. The van der Waals surface area contributed by atoms with E-state index in [1.165, 1.54) is 0 Å². The number of Topliss-reactive ketones (excluding diaryl/α,β-unsaturated/α-hetero) is 1. The highest BCUT2D eigenvalue weighted by Gasteiger charge is 2.49. The lowest BCUT2D eigenvalue weighted by molar-refractivity contribution is -0.123. The molecule has 8 heteroatoms. The van der Waals surface area contributed by atoms with Crippen LogP contribution in [0.3, 0.4) is 0 Å².